The van der Waals surface area contributed by atoms with Gasteiger partial charge in [0.05, 0.1) is 20.8 Å². The molecule has 1 aliphatic heterocycles. The quantitative estimate of drug-likeness (QED) is 0.674. The summed E-state index contributed by atoms with van der Waals surface area (Å²) in [5.74, 6) is 0.806. The average Bonchev–Trinajstić information content (AvgIpc) is 3.12. The maximum atomic E-state index is 13.0. The molecule has 2 heterocycles. The van der Waals surface area contributed by atoms with E-state index < -0.39 is 10.0 Å². The Morgan fingerprint density at radius 2 is 1.56 bits per heavy atom. The molecule has 1 fully saturated rings. The van der Waals surface area contributed by atoms with E-state index in [1.54, 1.807) is 0 Å². The van der Waals surface area contributed by atoms with Gasteiger partial charge in [-0.2, -0.15) is 9.40 Å². The smallest absolute Gasteiger partial charge is 0.244 e. The average molecular weight is 448 g/mol. The second-order valence-electron chi connectivity index (χ2n) is 6.62. The van der Waals surface area contributed by atoms with Crippen LogP contribution in [0.4, 0.5) is 5.82 Å². The Labute approximate surface area is 173 Å². The summed E-state index contributed by atoms with van der Waals surface area (Å²) in [7, 11) is -3.75. The number of hydrogen-bond donors (Lipinski definition) is 0. The molecule has 0 saturated carbocycles. The number of rotatable bonds is 3. The first-order chi connectivity index (χ1) is 12.9. The molecule has 1 aliphatic carbocycles. The van der Waals surface area contributed by atoms with Crippen molar-refractivity contribution in [1.82, 2.24) is 14.5 Å². The molecule has 27 heavy (non-hydrogen) atoms. The minimum atomic E-state index is -3.75. The van der Waals surface area contributed by atoms with Gasteiger partial charge < -0.3 is 4.90 Å². The molecule has 0 amide bonds. The van der Waals surface area contributed by atoms with Gasteiger partial charge in [0.2, 0.25) is 10.0 Å². The van der Waals surface area contributed by atoms with Crippen molar-refractivity contribution in [1.29, 1.82) is 0 Å². The topological polar surface area (TPSA) is 66.4 Å². The monoisotopic (exact) mass is 446 g/mol. The zero-order chi connectivity index (χ0) is 19.2. The van der Waals surface area contributed by atoms with Crippen molar-refractivity contribution in [3.63, 3.8) is 0 Å². The van der Waals surface area contributed by atoms with E-state index in [-0.39, 0.29) is 20.0 Å². The fraction of sp³-hybridized carbons (Fsp3) is 0.412. The number of nitrogens with zero attached hydrogens (tertiary/aromatic N) is 4. The van der Waals surface area contributed by atoms with E-state index in [0.717, 1.165) is 30.8 Å². The van der Waals surface area contributed by atoms with Crippen molar-refractivity contribution in [2.75, 3.05) is 31.1 Å². The zero-order valence-corrected chi connectivity index (χ0v) is 17.4. The second-order valence-corrected chi connectivity index (χ2v) is 9.74. The molecule has 4 rings (SSSR count). The van der Waals surface area contributed by atoms with Crippen molar-refractivity contribution in [3.8, 4) is 0 Å². The molecule has 1 saturated heterocycles. The minimum absolute atomic E-state index is 0.0238. The van der Waals surface area contributed by atoms with Gasteiger partial charge in [-0.25, -0.2) is 8.42 Å². The van der Waals surface area contributed by atoms with Crippen LogP contribution in [0, 0.1) is 0 Å². The fourth-order valence-electron chi connectivity index (χ4n) is 3.47. The van der Waals surface area contributed by atoms with Gasteiger partial charge in [0.15, 0.2) is 5.82 Å². The first-order valence-corrected chi connectivity index (χ1v) is 11.2. The van der Waals surface area contributed by atoms with Crippen LogP contribution in [-0.4, -0.2) is 49.1 Å². The molecule has 0 N–H and O–H groups in total. The van der Waals surface area contributed by atoms with Gasteiger partial charge >= 0.3 is 0 Å². The van der Waals surface area contributed by atoms with E-state index in [4.69, 9.17) is 34.8 Å². The Morgan fingerprint density at radius 3 is 2.30 bits per heavy atom. The highest BCUT2D eigenvalue weighted by Gasteiger charge is 2.31. The predicted molar refractivity (Wildman–Crippen MR) is 107 cm³/mol. The fourth-order valence-corrected chi connectivity index (χ4v) is 5.87. The number of piperazine rings is 1. The number of anilines is 1. The Morgan fingerprint density at radius 1 is 0.852 bits per heavy atom. The summed E-state index contributed by atoms with van der Waals surface area (Å²) in [5.41, 5.74) is 2.33. The third kappa shape index (κ3) is 3.63. The van der Waals surface area contributed by atoms with E-state index in [9.17, 15) is 8.42 Å². The Kier molecular flexibility index (Phi) is 5.24. The number of sulfonamides is 1. The van der Waals surface area contributed by atoms with Crippen LogP contribution in [0.5, 0.6) is 0 Å². The van der Waals surface area contributed by atoms with Gasteiger partial charge in [-0.05, 0) is 43.0 Å². The molecule has 2 aromatic rings. The summed E-state index contributed by atoms with van der Waals surface area (Å²) in [5, 5.41) is 9.07. The van der Waals surface area contributed by atoms with Crippen molar-refractivity contribution >= 4 is 50.6 Å². The summed E-state index contributed by atoms with van der Waals surface area (Å²) in [6, 6.07) is 4.74. The van der Waals surface area contributed by atoms with Crippen LogP contribution in [0.3, 0.4) is 0 Å². The number of hydrogen-bond acceptors (Lipinski definition) is 5. The maximum Gasteiger partial charge on any atom is 0.244 e. The molecule has 1 aromatic carbocycles. The third-order valence-corrected chi connectivity index (χ3v) is 8.05. The van der Waals surface area contributed by atoms with E-state index in [1.807, 2.05) is 0 Å². The highest BCUT2D eigenvalue weighted by Crippen LogP contribution is 2.33. The van der Waals surface area contributed by atoms with Gasteiger partial charge in [-0.15, -0.1) is 5.10 Å². The van der Waals surface area contributed by atoms with Crippen LogP contribution in [0.1, 0.15) is 17.7 Å². The summed E-state index contributed by atoms with van der Waals surface area (Å²) in [6.45, 7) is 1.73. The minimum Gasteiger partial charge on any atom is -0.352 e. The SMILES string of the molecule is O=S(=O)(c1cc(Cl)c(Cl)cc1Cl)N1CCN(c2cc3c(nn2)CCC3)CC1. The lowest BCUT2D eigenvalue weighted by atomic mass is 10.2. The summed E-state index contributed by atoms with van der Waals surface area (Å²) in [6.07, 6.45) is 3.13. The molecule has 144 valence electrons. The number of halogens is 3. The predicted octanol–water partition coefficient (Wildman–Crippen LogP) is 3.44. The number of fused-ring (bicyclic) bond motifs is 1. The Bertz CT molecular complexity index is 992. The molecular weight excluding hydrogens is 431 g/mol. The van der Waals surface area contributed by atoms with Crippen LogP contribution in [-0.2, 0) is 22.9 Å². The molecule has 10 heteroatoms. The number of aryl methyl sites for hydroxylation is 2. The van der Waals surface area contributed by atoms with Crippen LogP contribution in [0.2, 0.25) is 15.1 Å². The Balaban J connectivity index is 1.51. The van der Waals surface area contributed by atoms with Crippen molar-refractivity contribution in [3.05, 3.63) is 44.5 Å². The van der Waals surface area contributed by atoms with Crippen LogP contribution in [0.25, 0.3) is 0 Å². The lowest BCUT2D eigenvalue weighted by Crippen LogP contribution is -2.49. The van der Waals surface area contributed by atoms with Crippen LogP contribution >= 0.6 is 34.8 Å². The molecule has 0 bridgehead atoms. The molecule has 0 atom stereocenters. The summed E-state index contributed by atoms with van der Waals surface area (Å²) in [4.78, 5) is 2.04. The number of benzene rings is 1. The molecular formula is C17H17Cl3N4O2S. The first-order valence-electron chi connectivity index (χ1n) is 8.61. The molecule has 0 spiro atoms. The normalized spacial score (nSPS) is 18.0. The zero-order valence-electron chi connectivity index (χ0n) is 14.3. The van der Waals surface area contributed by atoms with Gasteiger partial charge in [0.1, 0.15) is 4.90 Å². The van der Waals surface area contributed by atoms with E-state index in [0.29, 0.717) is 26.2 Å². The van der Waals surface area contributed by atoms with Gasteiger partial charge in [0.25, 0.3) is 0 Å². The standard InChI is InChI=1S/C17H17Cl3N4O2S/c18-12-9-14(20)16(10-13(12)19)27(25,26)24-6-4-23(5-7-24)17-8-11-2-1-3-15(11)21-22-17/h8-10H,1-7H2. The van der Waals surface area contributed by atoms with Crippen LogP contribution in [0.15, 0.2) is 23.1 Å². The highest BCUT2D eigenvalue weighted by molar-refractivity contribution is 7.89. The molecule has 1 aromatic heterocycles. The summed E-state index contributed by atoms with van der Waals surface area (Å²) >= 11 is 18.0. The lowest BCUT2D eigenvalue weighted by Gasteiger charge is -2.34. The van der Waals surface area contributed by atoms with Gasteiger partial charge in [0, 0.05) is 26.2 Å². The largest absolute Gasteiger partial charge is 0.352 e. The van der Waals surface area contributed by atoms with Gasteiger partial charge in [-0.1, -0.05) is 34.8 Å². The summed E-state index contributed by atoms with van der Waals surface area (Å²) < 4.78 is 27.3. The molecule has 0 unspecified atom stereocenters. The van der Waals surface area contributed by atoms with Crippen LogP contribution < -0.4 is 4.90 Å². The van der Waals surface area contributed by atoms with Crippen molar-refractivity contribution in [2.45, 2.75) is 24.2 Å². The number of aromatic nitrogens is 2. The third-order valence-electron chi connectivity index (χ3n) is 4.96. The lowest BCUT2D eigenvalue weighted by molar-refractivity contribution is 0.383. The molecule has 2 aliphatic rings. The first kappa shape index (κ1) is 19.2. The molecule has 6 nitrogen and oxygen atoms in total. The second kappa shape index (κ2) is 7.37. The molecule has 0 radical (unpaired) electrons. The van der Waals surface area contributed by atoms with E-state index >= 15 is 0 Å². The van der Waals surface area contributed by atoms with E-state index in [1.165, 1.54) is 22.0 Å². The highest BCUT2D eigenvalue weighted by atomic mass is 35.5. The van der Waals surface area contributed by atoms with E-state index in [2.05, 4.69) is 21.2 Å². The van der Waals surface area contributed by atoms with Crippen molar-refractivity contribution in [2.24, 2.45) is 0 Å². The van der Waals surface area contributed by atoms with Crippen molar-refractivity contribution < 1.29 is 8.42 Å². The maximum absolute atomic E-state index is 13.0. The van der Waals surface area contributed by atoms with Gasteiger partial charge in [-0.3, -0.25) is 0 Å². The Hall–Kier alpha value is -1.12.